The van der Waals surface area contributed by atoms with Crippen LogP contribution in [-0.4, -0.2) is 18.2 Å². The van der Waals surface area contributed by atoms with Crippen LogP contribution >= 0.6 is 0 Å². The van der Waals surface area contributed by atoms with E-state index in [1.165, 1.54) is 12.7 Å². The molecule has 0 unspecified atom stereocenters. The van der Waals surface area contributed by atoms with E-state index in [-0.39, 0.29) is 23.3 Å². The average molecular weight is 437 g/mol. The summed E-state index contributed by atoms with van der Waals surface area (Å²) in [6.45, 7) is 5.60. The zero-order valence-electron chi connectivity index (χ0n) is 18.7. The molecule has 0 radical (unpaired) electrons. The summed E-state index contributed by atoms with van der Waals surface area (Å²) in [5, 5.41) is 0.372. The first kappa shape index (κ1) is 21.9. The van der Waals surface area contributed by atoms with Crippen LogP contribution in [0, 0.1) is 13.8 Å². The third-order valence-corrected chi connectivity index (χ3v) is 5.62. The predicted octanol–water partition coefficient (Wildman–Crippen LogP) is 5.85. The Hall–Kier alpha value is -3.28. The van der Waals surface area contributed by atoms with Crippen LogP contribution in [0.2, 0.25) is 0 Å². The monoisotopic (exact) mass is 436 g/mol. The standard InChI is InChI=1S/C26H28O6/c1-16-11-17(2)13-21(12-16)31-24-15-29-23-14-20(9-10-22(23)25(24)27)30-18(3)26(28)32-19-7-5-4-6-8-19/h9-15,18-19H,4-8H2,1-3H3/t18-/m1/s1. The molecule has 1 heterocycles. The van der Waals surface area contributed by atoms with Crippen LogP contribution in [-0.2, 0) is 9.53 Å². The second kappa shape index (κ2) is 9.47. The highest BCUT2D eigenvalue weighted by molar-refractivity contribution is 5.79. The highest BCUT2D eigenvalue weighted by Crippen LogP contribution is 2.26. The van der Waals surface area contributed by atoms with Crippen LogP contribution in [0.5, 0.6) is 17.2 Å². The van der Waals surface area contributed by atoms with Gasteiger partial charge in [0.2, 0.25) is 11.2 Å². The fraction of sp³-hybridized carbons (Fsp3) is 0.385. The number of benzene rings is 2. The van der Waals surface area contributed by atoms with E-state index in [9.17, 15) is 9.59 Å². The van der Waals surface area contributed by atoms with Crippen LogP contribution < -0.4 is 14.9 Å². The number of rotatable bonds is 6. The Labute approximate surface area is 187 Å². The van der Waals surface area contributed by atoms with Gasteiger partial charge in [0.15, 0.2) is 6.10 Å². The van der Waals surface area contributed by atoms with Crippen molar-refractivity contribution >= 4 is 16.9 Å². The van der Waals surface area contributed by atoms with Gasteiger partial charge < -0.3 is 18.6 Å². The quantitative estimate of drug-likeness (QED) is 0.452. The maximum atomic E-state index is 12.9. The van der Waals surface area contributed by atoms with Gasteiger partial charge in [0.1, 0.15) is 29.4 Å². The lowest BCUT2D eigenvalue weighted by atomic mass is 9.98. The second-order valence-electron chi connectivity index (χ2n) is 8.47. The van der Waals surface area contributed by atoms with Gasteiger partial charge in [-0.3, -0.25) is 4.79 Å². The van der Waals surface area contributed by atoms with Crippen LogP contribution in [0.4, 0.5) is 0 Å². The Morgan fingerprint density at radius 3 is 2.44 bits per heavy atom. The molecule has 0 N–H and O–H groups in total. The average Bonchev–Trinajstić information content (AvgIpc) is 2.76. The summed E-state index contributed by atoms with van der Waals surface area (Å²) >= 11 is 0. The summed E-state index contributed by atoms with van der Waals surface area (Å²) in [6.07, 6.45) is 5.71. The zero-order valence-corrected chi connectivity index (χ0v) is 18.7. The minimum atomic E-state index is -0.756. The molecular formula is C26H28O6. The molecule has 168 valence electrons. The second-order valence-corrected chi connectivity index (χ2v) is 8.47. The molecule has 2 aromatic carbocycles. The number of ether oxygens (including phenoxy) is 3. The normalized spacial score (nSPS) is 15.3. The summed E-state index contributed by atoms with van der Waals surface area (Å²) < 4.78 is 22.7. The van der Waals surface area contributed by atoms with E-state index in [4.69, 9.17) is 18.6 Å². The van der Waals surface area contributed by atoms with Gasteiger partial charge in [-0.1, -0.05) is 12.5 Å². The molecule has 4 rings (SSSR count). The number of carbonyl (C=O) groups is 1. The van der Waals surface area contributed by atoms with Crippen LogP contribution in [0.15, 0.2) is 51.9 Å². The van der Waals surface area contributed by atoms with Gasteiger partial charge in [0.25, 0.3) is 0 Å². The van der Waals surface area contributed by atoms with Gasteiger partial charge in [0, 0.05) is 6.07 Å². The lowest BCUT2D eigenvalue weighted by Gasteiger charge is -2.23. The zero-order chi connectivity index (χ0) is 22.7. The molecule has 0 bridgehead atoms. The van der Waals surface area contributed by atoms with E-state index in [0.29, 0.717) is 22.5 Å². The van der Waals surface area contributed by atoms with Gasteiger partial charge in [-0.15, -0.1) is 0 Å². The van der Waals surface area contributed by atoms with Gasteiger partial charge in [-0.25, -0.2) is 4.79 Å². The molecule has 1 fully saturated rings. The number of aryl methyl sites for hydroxylation is 2. The smallest absolute Gasteiger partial charge is 0.347 e. The fourth-order valence-electron chi connectivity index (χ4n) is 4.05. The third-order valence-electron chi connectivity index (χ3n) is 5.62. The Kier molecular flexibility index (Phi) is 6.49. The summed E-state index contributed by atoms with van der Waals surface area (Å²) in [4.78, 5) is 25.2. The minimum absolute atomic E-state index is 0.0208. The highest BCUT2D eigenvalue weighted by Gasteiger charge is 2.23. The van der Waals surface area contributed by atoms with E-state index < -0.39 is 6.10 Å². The Balaban J connectivity index is 1.47. The highest BCUT2D eigenvalue weighted by atomic mass is 16.6. The van der Waals surface area contributed by atoms with E-state index in [2.05, 4.69) is 0 Å². The van der Waals surface area contributed by atoms with E-state index in [1.807, 2.05) is 32.0 Å². The lowest BCUT2D eigenvalue weighted by molar-refractivity contribution is -0.158. The number of hydrogen-bond donors (Lipinski definition) is 0. The molecule has 32 heavy (non-hydrogen) atoms. The summed E-state index contributed by atoms with van der Waals surface area (Å²) in [6, 6.07) is 10.6. The van der Waals surface area contributed by atoms with Crippen molar-refractivity contribution in [3.05, 3.63) is 64.0 Å². The Bertz CT molecular complexity index is 1150. The van der Waals surface area contributed by atoms with Crippen molar-refractivity contribution in [2.45, 2.75) is 65.1 Å². The number of carbonyl (C=O) groups excluding carboxylic acids is 1. The van der Waals surface area contributed by atoms with Crippen molar-refractivity contribution in [1.29, 1.82) is 0 Å². The SMILES string of the molecule is Cc1cc(C)cc(Oc2coc3cc(O[C@H](C)C(=O)OC4CCCCC4)ccc3c2=O)c1. The lowest BCUT2D eigenvalue weighted by Crippen LogP contribution is -2.31. The first-order valence-electron chi connectivity index (χ1n) is 11.1. The molecular weight excluding hydrogens is 408 g/mol. The van der Waals surface area contributed by atoms with Crippen molar-refractivity contribution in [2.75, 3.05) is 0 Å². The van der Waals surface area contributed by atoms with Crippen molar-refractivity contribution in [1.82, 2.24) is 0 Å². The Morgan fingerprint density at radius 2 is 1.72 bits per heavy atom. The summed E-state index contributed by atoms with van der Waals surface area (Å²) in [7, 11) is 0. The van der Waals surface area contributed by atoms with E-state index in [0.717, 1.165) is 36.8 Å². The molecule has 3 aromatic rings. The number of hydrogen-bond acceptors (Lipinski definition) is 6. The first-order chi connectivity index (χ1) is 15.4. The largest absolute Gasteiger partial charge is 0.479 e. The van der Waals surface area contributed by atoms with Crippen LogP contribution in [0.3, 0.4) is 0 Å². The van der Waals surface area contributed by atoms with Crippen molar-refractivity contribution in [3.63, 3.8) is 0 Å². The first-order valence-corrected chi connectivity index (χ1v) is 11.1. The minimum Gasteiger partial charge on any atom is -0.479 e. The van der Waals surface area contributed by atoms with Gasteiger partial charge in [0.05, 0.1) is 5.39 Å². The van der Waals surface area contributed by atoms with Crippen molar-refractivity contribution in [2.24, 2.45) is 0 Å². The van der Waals surface area contributed by atoms with E-state index >= 15 is 0 Å². The van der Waals surface area contributed by atoms with Crippen LogP contribution in [0.1, 0.15) is 50.2 Å². The summed E-state index contributed by atoms with van der Waals surface area (Å²) in [5.41, 5.74) is 2.17. The molecule has 0 spiro atoms. The summed E-state index contributed by atoms with van der Waals surface area (Å²) in [5.74, 6) is 0.743. The molecule has 1 aromatic heterocycles. The maximum Gasteiger partial charge on any atom is 0.347 e. The molecule has 1 aliphatic rings. The van der Waals surface area contributed by atoms with Gasteiger partial charge >= 0.3 is 5.97 Å². The molecule has 1 aliphatic carbocycles. The van der Waals surface area contributed by atoms with Gasteiger partial charge in [-0.05, 0) is 81.8 Å². The van der Waals surface area contributed by atoms with Crippen LogP contribution in [0.25, 0.3) is 11.0 Å². The molecule has 1 saturated carbocycles. The third kappa shape index (κ3) is 5.13. The molecule has 6 nitrogen and oxygen atoms in total. The van der Waals surface area contributed by atoms with Crippen molar-refractivity contribution < 1.29 is 23.4 Å². The van der Waals surface area contributed by atoms with E-state index in [1.54, 1.807) is 25.1 Å². The number of esters is 1. The molecule has 1 atom stereocenters. The molecule has 0 saturated heterocycles. The molecule has 6 heteroatoms. The topological polar surface area (TPSA) is 75.0 Å². The fourth-order valence-corrected chi connectivity index (χ4v) is 4.05. The van der Waals surface area contributed by atoms with Gasteiger partial charge in [-0.2, -0.15) is 0 Å². The Morgan fingerprint density at radius 1 is 1.00 bits per heavy atom. The van der Waals surface area contributed by atoms with Crippen molar-refractivity contribution in [3.8, 4) is 17.2 Å². The molecule has 0 aliphatic heterocycles. The number of fused-ring (bicyclic) bond motifs is 1. The maximum absolute atomic E-state index is 12.9. The predicted molar refractivity (Wildman–Crippen MR) is 122 cm³/mol. The molecule has 0 amide bonds.